The highest BCUT2D eigenvalue weighted by atomic mass is 16.4. The van der Waals surface area contributed by atoms with Gasteiger partial charge in [-0.1, -0.05) is 25.0 Å². The van der Waals surface area contributed by atoms with E-state index in [4.69, 9.17) is 5.11 Å². The molecule has 2 aliphatic rings. The average molecular weight is 251 g/mol. The van der Waals surface area contributed by atoms with Crippen molar-refractivity contribution in [2.75, 3.05) is 6.54 Å². The SMILES string of the molecule is O=C(O)[C@H]1CC=CC[C@H]1C(=O)NCCCC1CC1. The molecule has 0 heterocycles. The monoisotopic (exact) mass is 251 g/mol. The first kappa shape index (κ1) is 13.1. The normalized spacial score (nSPS) is 26.9. The van der Waals surface area contributed by atoms with Gasteiger partial charge in [0.05, 0.1) is 11.8 Å². The number of amides is 1. The summed E-state index contributed by atoms with van der Waals surface area (Å²) >= 11 is 0. The number of carbonyl (C=O) groups is 2. The number of allylic oxidation sites excluding steroid dienone is 2. The van der Waals surface area contributed by atoms with Crippen LogP contribution in [-0.2, 0) is 9.59 Å². The highest BCUT2D eigenvalue weighted by molar-refractivity contribution is 5.85. The molecule has 0 saturated heterocycles. The molecule has 1 amide bonds. The predicted octanol–water partition coefficient (Wildman–Crippen LogP) is 1.96. The number of carbonyl (C=O) groups excluding carboxylic acids is 1. The smallest absolute Gasteiger partial charge is 0.307 e. The molecule has 0 aromatic heterocycles. The molecule has 0 aromatic carbocycles. The fraction of sp³-hybridized carbons (Fsp3) is 0.714. The van der Waals surface area contributed by atoms with Crippen LogP contribution in [0.2, 0.25) is 0 Å². The molecule has 4 nitrogen and oxygen atoms in total. The Morgan fingerprint density at radius 2 is 1.83 bits per heavy atom. The number of rotatable bonds is 6. The second-order valence-corrected chi connectivity index (χ2v) is 5.37. The van der Waals surface area contributed by atoms with Gasteiger partial charge in [-0.05, 0) is 31.6 Å². The Kier molecular flexibility index (Phi) is 4.39. The first-order valence-electron chi connectivity index (χ1n) is 6.84. The van der Waals surface area contributed by atoms with E-state index < -0.39 is 17.8 Å². The molecular weight excluding hydrogens is 230 g/mol. The van der Waals surface area contributed by atoms with E-state index in [0.717, 1.165) is 12.3 Å². The van der Waals surface area contributed by atoms with Crippen molar-refractivity contribution < 1.29 is 14.7 Å². The molecular formula is C14H21NO3. The van der Waals surface area contributed by atoms with Crippen molar-refractivity contribution >= 4 is 11.9 Å². The van der Waals surface area contributed by atoms with Crippen molar-refractivity contribution in [2.24, 2.45) is 17.8 Å². The number of aliphatic carboxylic acids is 1. The second-order valence-electron chi connectivity index (χ2n) is 5.37. The van der Waals surface area contributed by atoms with E-state index in [1.807, 2.05) is 12.2 Å². The van der Waals surface area contributed by atoms with Crippen LogP contribution in [0.4, 0.5) is 0 Å². The summed E-state index contributed by atoms with van der Waals surface area (Å²) < 4.78 is 0. The first-order valence-corrected chi connectivity index (χ1v) is 6.84. The predicted molar refractivity (Wildman–Crippen MR) is 68.0 cm³/mol. The molecule has 0 radical (unpaired) electrons. The van der Waals surface area contributed by atoms with Crippen LogP contribution in [0.15, 0.2) is 12.2 Å². The Balaban J connectivity index is 1.74. The molecule has 2 atom stereocenters. The molecule has 0 spiro atoms. The van der Waals surface area contributed by atoms with Crippen LogP contribution in [0, 0.1) is 17.8 Å². The molecule has 4 heteroatoms. The van der Waals surface area contributed by atoms with E-state index in [1.165, 1.54) is 19.3 Å². The van der Waals surface area contributed by atoms with Gasteiger partial charge in [0, 0.05) is 6.54 Å². The lowest BCUT2D eigenvalue weighted by atomic mass is 9.82. The third kappa shape index (κ3) is 3.59. The van der Waals surface area contributed by atoms with Crippen LogP contribution in [0.3, 0.4) is 0 Å². The number of nitrogens with one attached hydrogen (secondary N) is 1. The van der Waals surface area contributed by atoms with E-state index in [2.05, 4.69) is 5.32 Å². The lowest BCUT2D eigenvalue weighted by Crippen LogP contribution is -2.39. The lowest BCUT2D eigenvalue weighted by Gasteiger charge is -2.24. The largest absolute Gasteiger partial charge is 0.481 e. The summed E-state index contributed by atoms with van der Waals surface area (Å²) in [5.41, 5.74) is 0. The van der Waals surface area contributed by atoms with Gasteiger partial charge in [-0.15, -0.1) is 0 Å². The number of hydrogen-bond acceptors (Lipinski definition) is 2. The van der Waals surface area contributed by atoms with Gasteiger partial charge in [0.25, 0.3) is 0 Å². The van der Waals surface area contributed by atoms with Crippen molar-refractivity contribution in [3.63, 3.8) is 0 Å². The molecule has 0 bridgehead atoms. The lowest BCUT2D eigenvalue weighted by molar-refractivity contribution is -0.147. The molecule has 100 valence electrons. The van der Waals surface area contributed by atoms with E-state index in [9.17, 15) is 9.59 Å². The average Bonchev–Trinajstić information content (AvgIpc) is 3.18. The maximum Gasteiger partial charge on any atom is 0.307 e. The topological polar surface area (TPSA) is 66.4 Å². The molecule has 2 N–H and O–H groups in total. The van der Waals surface area contributed by atoms with Crippen LogP contribution in [0.1, 0.15) is 38.5 Å². The molecule has 18 heavy (non-hydrogen) atoms. The number of carboxylic acids is 1. The van der Waals surface area contributed by atoms with E-state index in [1.54, 1.807) is 0 Å². The second kappa shape index (κ2) is 6.03. The minimum Gasteiger partial charge on any atom is -0.481 e. The van der Waals surface area contributed by atoms with Gasteiger partial charge in [-0.25, -0.2) is 0 Å². The van der Waals surface area contributed by atoms with Crippen molar-refractivity contribution in [3.8, 4) is 0 Å². The fourth-order valence-corrected chi connectivity index (χ4v) is 2.52. The molecule has 0 aromatic rings. The standard InChI is InChI=1S/C14H21NO3/c16-13(15-9-3-4-10-7-8-10)11-5-1-2-6-12(11)14(17)18/h1-2,10-12H,3-9H2,(H,15,16)(H,17,18)/t11-,12+/m1/s1. The van der Waals surface area contributed by atoms with E-state index in [-0.39, 0.29) is 5.91 Å². The van der Waals surface area contributed by atoms with Crippen molar-refractivity contribution in [2.45, 2.75) is 38.5 Å². The Morgan fingerprint density at radius 1 is 1.17 bits per heavy atom. The van der Waals surface area contributed by atoms with Gasteiger partial charge in [0.15, 0.2) is 0 Å². The summed E-state index contributed by atoms with van der Waals surface area (Å²) in [6.07, 6.45) is 9.65. The van der Waals surface area contributed by atoms with Crippen LogP contribution in [-0.4, -0.2) is 23.5 Å². The zero-order valence-electron chi connectivity index (χ0n) is 10.6. The molecule has 0 aliphatic heterocycles. The zero-order valence-corrected chi connectivity index (χ0v) is 10.6. The van der Waals surface area contributed by atoms with Crippen molar-refractivity contribution in [3.05, 3.63) is 12.2 Å². The number of hydrogen-bond donors (Lipinski definition) is 2. The van der Waals surface area contributed by atoms with Crippen LogP contribution in [0.25, 0.3) is 0 Å². The Bertz CT molecular complexity index is 347. The van der Waals surface area contributed by atoms with E-state index >= 15 is 0 Å². The summed E-state index contributed by atoms with van der Waals surface area (Å²) in [6.45, 7) is 0.682. The maximum absolute atomic E-state index is 12.0. The highest BCUT2D eigenvalue weighted by Gasteiger charge is 2.33. The van der Waals surface area contributed by atoms with Crippen molar-refractivity contribution in [1.82, 2.24) is 5.32 Å². The van der Waals surface area contributed by atoms with Crippen LogP contribution in [0.5, 0.6) is 0 Å². The third-order valence-electron chi connectivity index (χ3n) is 3.87. The van der Waals surface area contributed by atoms with Gasteiger partial charge in [-0.3, -0.25) is 9.59 Å². The Labute approximate surface area is 107 Å². The van der Waals surface area contributed by atoms with E-state index in [0.29, 0.717) is 19.4 Å². The van der Waals surface area contributed by atoms with Gasteiger partial charge in [-0.2, -0.15) is 0 Å². The summed E-state index contributed by atoms with van der Waals surface area (Å²) in [5, 5.41) is 12.0. The van der Waals surface area contributed by atoms with Crippen LogP contribution < -0.4 is 5.32 Å². The van der Waals surface area contributed by atoms with Gasteiger partial charge >= 0.3 is 5.97 Å². The number of carboxylic acid groups (broad SMARTS) is 1. The Hall–Kier alpha value is -1.32. The maximum atomic E-state index is 12.0. The minimum atomic E-state index is -0.863. The van der Waals surface area contributed by atoms with Gasteiger partial charge in [0.1, 0.15) is 0 Å². The van der Waals surface area contributed by atoms with Gasteiger partial charge < -0.3 is 10.4 Å². The minimum absolute atomic E-state index is 0.0949. The molecule has 2 aliphatic carbocycles. The summed E-state index contributed by atoms with van der Waals surface area (Å²) in [6, 6.07) is 0. The molecule has 2 rings (SSSR count). The molecule has 1 saturated carbocycles. The first-order chi connectivity index (χ1) is 8.68. The van der Waals surface area contributed by atoms with Crippen LogP contribution >= 0.6 is 0 Å². The zero-order chi connectivity index (χ0) is 13.0. The fourth-order valence-electron chi connectivity index (χ4n) is 2.52. The summed E-state index contributed by atoms with van der Waals surface area (Å²) in [5.74, 6) is -1.03. The van der Waals surface area contributed by atoms with Crippen molar-refractivity contribution in [1.29, 1.82) is 0 Å². The molecule has 1 fully saturated rings. The Morgan fingerprint density at radius 3 is 2.44 bits per heavy atom. The summed E-state index contributed by atoms with van der Waals surface area (Å²) in [4.78, 5) is 23.0. The highest BCUT2D eigenvalue weighted by Crippen LogP contribution is 2.33. The quantitative estimate of drug-likeness (QED) is 0.560. The summed E-state index contributed by atoms with van der Waals surface area (Å²) in [7, 11) is 0. The third-order valence-corrected chi connectivity index (χ3v) is 3.87. The molecule has 0 unspecified atom stereocenters. The van der Waals surface area contributed by atoms with Gasteiger partial charge in [0.2, 0.25) is 5.91 Å².